The standard InChI is InChI=1S/C22H17F3N4O/c1-14-20-18(15-6-3-2-4-7-15)10-11-26-21(20)29(28-14)13-19(30)27-17-9-5-8-16(12-17)22(23,24)25/h2-12H,13H2,1H3,(H,27,30). The summed E-state index contributed by atoms with van der Waals surface area (Å²) in [4.78, 5) is 16.8. The summed E-state index contributed by atoms with van der Waals surface area (Å²) in [5.41, 5.74) is 2.44. The molecule has 30 heavy (non-hydrogen) atoms. The molecule has 1 N–H and O–H groups in total. The highest BCUT2D eigenvalue weighted by Crippen LogP contribution is 2.31. The number of carbonyl (C=O) groups is 1. The molecule has 0 radical (unpaired) electrons. The van der Waals surface area contributed by atoms with Crippen molar-refractivity contribution in [2.75, 3.05) is 5.32 Å². The van der Waals surface area contributed by atoms with Crippen LogP contribution in [-0.2, 0) is 17.5 Å². The lowest BCUT2D eigenvalue weighted by molar-refractivity contribution is -0.137. The first-order chi connectivity index (χ1) is 14.3. The highest BCUT2D eigenvalue weighted by atomic mass is 19.4. The number of hydrogen-bond acceptors (Lipinski definition) is 3. The van der Waals surface area contributed by atoms with E-state index < -0.39 is 17.6 Å². The molecular formula is C22H17F3N4O. The van der Waals surface area contributed by atoms with Gasteiger partial charge in [-0.15, -0.1) is 0 Å². The fraction of sp³-hybridized carbons (Fsp3) is 0.136. The predicted octanol–water partition coefficient (Wildman–Crippen LogP) is 5.06. The van der Waals surface area contributed by atoms with Gasteiger partial charge in [0, 0.05) is 17.3 Å². The fourth-order valence-electron chi connectivity index (χ4n) is 3.36. The first-order valence-electron chi connectivity index (χ1n) is 9.17. The lowest BCUT2D eigenvalue weighted by Gasteiger charge is -2.10. The maximum absolute atomic E-state index is 12.9. The molecule has 152 valence electrons. The van der Waals surface area contributed by atoms with Crippen LogP contribution < -0.4 is 5.32 Å². The van der Waals surface area contributed by atoms with E-state index in [1.165, 1.54) is 16.8 Å². The molecule has 5 nitrogen and oxygen atoms in total. The summed E-state index contributed by atoms with van der Waals surface area (Å²) in [6.07, 6.45) is -2.83. The minimum Gasteiger partial charge on any atom is -0.324 e. The summed E-state index contributed by atoms with van der Waals surface area (Å²) in [6.45, 7) is 1.66. The van der Waals surface area contributed by atoms with Gasteiger partial charge in [0.15, 0.2) is 5.65 Å². The number of halogens is 3. The van der Waals surface area contributed by atoms with Crippen LogP contribution in [0.5, 0.6) is 0 Å². The van der Waals surface area contributed by atoms with Crippen molar-refractivity contribution in [2.24, 2.45) is 0 Å². The number of aromatic nitrogens is 3. The summed E-state index contributed by atoms with van der Waals surface area (Å²) in [5, 5.41) is 7.75. The quantitative estimate of drug-likeness (QED) is 0.511. The molecule has 0 bridgehead atoms. The van der Waals surface area contributed by atoms with Crippen LogP contribution in [0.15, 0.2) is 66.9 Å². The van der Waals surface area contributed by atoms with Crippen LogP contribution in [0, 0.1) is 6.92 Å². The third-order valence-corrected chi connectivity index (χ3v) is 4.66. The Kier molecular flexibility index (Phi) is 4.99. The number of nitrogens with zero attached hydrogens (tertiary/aromatic N) is 3. The van der Waals surface area contributed by atoms with Crippen molar-refractivity contribution in [2.45, 2.75) is 19.6 Å². The molecule has 2 heterocycles. The molecule has 4 aromatic rings. The molecule has 0 spiro atoms. The van der Waals surface area contributed by atoms with Gasteiger partial charge in [0.25, 0.3) is 0 Å². The molecule has 2 aromatic carbocycles. The summed E-state index contributed by atoms with van der Waals surface area (Å²) in [5.74, 6) is -0.495. The molecule has 0 saturated heterocycles. The summed E-state index contributed by atoms with van der Waals surface area (Å²) in [7, 11) is 0. The highest BCUT2D eigenvalue weighted by molar-refractivity contribution is 5.96. The van der Waals surface area contributed by atoms with E-state index in [1.807, 2.05) is 43.3 Å². The normalized spacial score (nSPS) is 11.6. The molecule has 1 amide bonds. The van der Waals surface area contributed by atoms with Gasteiger partial charge in [-0.25, -0.2) is 9.67 Å². The molecule has 8 heteroatoms. The molecule has 0 unspecified atom stereocenters. The van der Waals surface area contributed by atoms with Crippen LogP contribution in [0.2, 0.25) is 0 Å². The zero-order valence-electron chi connectivity index (χ0n) is 15.9. The largest absolute Gasteiger partial charge is 0.416 e. The monoisotopic (exact) mass is 410 g/mol. The molecule has 0 atom stereocenters. The Bertz CT molecular complexity index is 1220. The minimum absolute atomic E-state index is 0.0703. The van der Waals surface area contributed by atoms with Crippen LogP contribution in [-0.4, -0.2) is 20.7 Å². The van der Waals surface area contributed by atoms with Gasteiger partial charge < -0.3 is 5.32 Å². The zero-order chi connectivity index (χ0) is 21.3. The number of amides is 1. The van der Waals surface area contributed by atoms with Crippen LogP contribution in [0.3, 0.4) is 0 Å². The van der Waals surface area contributed by atoms with Gasteiger partial charge >= 0.3 is 6.18 Å². The molecule has 4 rings (SSSR count). The first kappa shape index (κ1) is 19.6. The third-order valence-electron chi connectivity index (χ3n) is 4.66. The number of anilines is 1. The number of fused-ring (bicyclic) bond motifs is 1. The van der Waals surface area contributed by atoms with Crippen molar-refractivity contribution in [3.8, 4) is 11.1 Å². The van der Waals surface area contributed by atoms with Crippen LogP contribution in [0.4, 0.5) is 18.9 Å². The van der Waals surface area contributed by atoms with Gasteiger partial charge in [0.05, 0.1) is 11.3 Å². The van der Waals surface area contributed by atoms with E-state index in [1.54, 1.807) is 6.20 Å². The van der Waals surface area contributed by atoms with E-state index >= 15 is 0 Å². The van der Waals surface area contributed by atoms with Gasteiger partial charge in [-0.1, -0.05) is 36.4 Å². The van der Waals surface area contributed by atoms with E-state index in [4.69, 9.17) is 0 Å². The number of nitrogens with one attached hydrogen (secondary N) is 1. The molecule has 2 aromatic heterocycles. The van der Waals surface area contributed by atoms with E-state index in [0.29, 0.717) is 11.3 Å². The zero-order valence-corrected chi connectivity index (χ0v) is 15.9. The van der Waals surface area contributed by atoms with E-state index in [-0.39, 0.29) is 12.2 Å². The first-order valence-corrected chi connectivity index (χ1v) is 9.17. The SMILES string of the molecule is Cc1nn(CC(=O)Nc2cccc(C(F)(F)F)c2)c2nccc(-c3ccccc3)c12. The van der Waals surface area contributed by atoms with Crippen LogP contribution in [0.1, 0.15) is 11.3 Å². The van der Waals surface area contributed by atoms with Crippen molar-refractivity contribution < 1.29 is 18.0 Å². The van der Waals surface area contributed by atoms with Gasteiger partial charge in [0.1, 0.15) is 6.54 Å². The second-order valence-corrected chi connectivity index (χ2v) is 6.79. The summed E-state index contributed by atoms with van der Waals surface area (Å²) >= 11 is 0. The van der Waals surface area contributed by atoms with Crippen molar-refractivity contribution in [1.82, 2.24) is 14.8 Å². The highest BCUT2D eigenvalue weighted by Gasteiger charge is 2.30. The average Bonchev–Trinajstić information content (AvgIpc) is 3.04. The molecule has 0 aliphatic heterocycles. The molecule has 0 saturated carbocycles. The molecule has 0 fully saturated rings. The third kappa shape index (κ3) is 3.89. The van der Waals surface area contributed by atoms with Crippen molar-refractivity contribution in [3.05, 3.63) is 78.1 Å². The fourth-order valence-corrected chi connectivity index (χ4v) is 3.36. The van der Waals surface area contributed by atoms with Crippen molar-refractivity contribution >= 4 is 22.6 Å². The lowest BCUT2D eigenvalue weighted by Crippen LogP contribution is -2.20. The second kappa shape index (κ2) is 7.62. The number of benzene rings is 2. The number of hydrogen-bond donors (Lipinski definition) is 1. The molecule has 0 aliphatic carbocycles. The Morgan fingerprint density at radius 1 is 1.07 bits per heavy atom. The van der Waals surface area contributed by atoms with Crippen molar-refractivity contribution in [3.63, 3.8) is 0 Å². The summed E-state index contributed by atoms with van der Waals surface area (Å²) in [6, 6.07) is 16.2. The Hall–Kier alpha value is -3.68. The van der Waals surface area contributed by atoms with Crippen molar-refractivity contribution in [1.29, 1.82) is 0 Å². The smallest absolute Gasteiger partial charge is 0.324 e. The lowest BCUT2D eigenvalue weighted by atomic mass is 10.0. The number of rotatable bonds is 4. The maximum Gasteiger partial charge on any atom is 0.416 e. The Balaban J connectivity index is 1.61. The van der Waals surface area contributed by atoms with E-state index in [2.05, 4.69) is 15.4 Å². The van der Waals surface area contributed by atoms with Crippen LogP contribution in [0.25, 0.3) is 22.2 Å². The molecule has 0 aliphatic rings. The number of alkyl halides is 3. The number of aryl methyl sites for hydroxylation is 1. The minimum atomic E-state index is -4.48. The van der Waals surface area contributed by atoms with Gasteiger partial charge in [0.2, 0.25) is 5.91 Å². The Morgan fingerprint density at radius 2 is 1.83 bits per heavy atom. The number of carbonyl (C=O) groups excluding carboxylic acids is 1. The maximum atomic E-state index is 12.9. The number of pyridine rings is 1. The van der Waals surface area contributed by atoms with E-state index in [9.17, 15) is 18.0 Å². The molecular weight excluding hydrogens is 393 g/mol. The second-order valence-electron chi connectivity index (χ2n) is 6.79. The van der Waals surface area contributed by atoms with Gasteiger partial charge in [-0.2, -0.15) is 18.3 Å². The predicted molar refractivity (Wildman–Crippen MR) is 108 cm³/mol. The van der Waals surface area contributed by atoms with Gasteiger partial charge in [-0.05, 0) is 42.3 Å². The van der Waals surface area contributed by atoms with Gasteiger partial charge in [-0.3, -0.25) is 4.79 Å². The summed E-state index contributed by atoms with van der Waals surface area (Å²) < 4.78 is 40.1. The Morgan fingerprint density at radius 3 is 2.57 bits per heavy atom. The van der Waals surface area contributed by atoms with E-state index in [0.717, 1.165) is 28.6 Å². The average molecular weight is 410 g/mol. The Labute approximate surface area is 170 Å². The van der Waals surface area contributed by atoms with Crippen LogP contribution >= 0.6 is 0 Å². The topological polar surface area (TPSA) is 59.8 Å².